The van der Waals surface area contributed by atoms with E-state index in [0.29, 0.717) is 23.7 Å². The first-order valence-corrected chi connectivity index (χ1v) is 7.73. The molecule has 0 aliphatic carbocycles. The molecule has 1 N–H and O–H groups in total. The maximum absolute atomic E-state index is 12.9. The van der Waals surface area contributed by atoms with Crippen LogP contribution < -0.4 is 10.1 Å². The zero-order valence-corrected chi connectivity index (χ0v) is 13.9. The Morgan fingerprint density at radius 3 is 2.72 bits per heavy atom. The van der Waals surface area contributed by atoms with Crippen molar-refractivity contribution in [2.45, 2.75) is 0 Å². The number of fused-ring (bicyclic) bond motifs is 1. The predicted octanol–water partition coefficient (Wildman–Crippen LogP) is 2.06. The van der Waals surface area contributed by atoms with Gasteiger partial charge in [-0.15, -0.1) is 5.10 Å². The van der Waals surface area contributed by atoms with Gasteiger partial charge in [-0.05, 0) is 44.4 Å². The number of carbonyl (C=O) groups is 1. The minimum Gasteiger partial charge on any atom is -0.476 e. The lowest BCUT2D eigenvalue weighted by atomic mass is 10.2. The molecular weight excluding hydrogens is 325 g/mol. The summed E-state index contributed by atoms with van der Waals surface area (Å²) in [6.45, 7) is 1.27. The van der Waals surface area contributed by atoms with Crippen molar-refractivity contribution in [1.29, 1.82) is 0 Å². The molecule has 0 aliphatic heterocycles. The minimum atomic E-state index is -0.411. The Morgan fingerprint density at radius 1 is 1.24 bits per heavy atom. The number of nitrogens with one attached hydrogen (secondary N) is 1. The largest absolute Gasteiger partial charge is 0.476 e. The van der Waals surface area contributed by atoms with Crippen molar-refractivity contribution in [3.63, 3.8) is 0 Å². The highest BCUT2D eigenvalue weighted by Gasteiger charge is 2.12. The van der Waals surface area contributed by atoms with E-state index in [1.807, 2.05) is 19.0 Å². The van der Waals surface area contributed by atoms with Gasteiger partial charge in [-0.3, -0.25) is 10.1 Å². The van der Waals surface area contributed by atoms with Crippen LogP contribution in [0.25, 0.3) is 5.65 Å². The van der Waals surface area contributed by atoms with Gasteiger partial charge in [-0.25, -0.2) is 4.39 Å². The zero-order chi connectivity index (χ0) is 17.8. The van der Waals surface area contributed by atoms with E-state index in [1.165, 1.54) is 28.8 Å². The Balaban J connectivity index is 1.76. The maximum atomic E-state index is 12.9. The molecule has 0 fully saturated rings. The standard InChI is InChI=1S/C17H18FN5O2/c1-22(2)10-11-25-15-5-3-4-14-19-17(21-23(14)15)20-16(24)12-6-8-13(18)9-7-12/h3-9H,10-11H2,1-2H3,(H,20,21,24). The number of hydrogen-bond acceptors (Lipinski definition) is 5. The van der Waals surface area contributed by atoms with Crippen molar-refractivity contribution in [2.75, 3.05) is 32.6 Å². The highest BCUT2D eigenvalue weighted by molar-refractivity contribution is 6.03. The molecule has 0 unspecified atom stereocenters. The van der Waals surface area contributed by atoms with Crippen LogP contribution in [0.2, 0.25) is 0 Å². The lowest BCUT2D eigenvalue weighted by Gasteiger charge is -2.11. The lowest BCUT2D eigenvalue weighted by Crippen LogP contribution is -2.20. The molecule has 0 radical (unpaired) electrons. The van der Waals surface area contributed by atoms with Crippen molar-refractivity contribution in [3.05, 3.63) is 53.8 Å². The van der Waals surface area contributed by atoms with E-state index in [9.17, 15) is 9.18 Å². The molecule has 8 heteroatoms. The fraction of sp³-hybridized carbons (Fsp3) is 0.235. The molecule has 25 heavy (non-hydrogen) atoms. The van der Waals surface area contributed by atoms with Crippen molar-refractivity contribution >= 4 is 17.5 Å². The fourth-order valence-corrected chi connectivity index (χ4v) is 2.15. The summed E-state index contributed by atoms with van der Waals surface area (Å²) < 4.78 is 20.2. The van der Waals surface area contributed by atoms with Crippen molar-refractivity contribution < 1.29 is 13.9 Å². The second-order valence-electron chi connectivity index (χ2n) is 5.68. The van der Waals surface area contributed by atoms with Gasteiger partial charge in [0.1, 0.15) is 12.4 Å². The molecule has 2 aromatic heterocycles. The van der Waals surface area contributed by atoms with Crippen molar-refractivity contribution in [2.24, 2.45) is 0 Å². The number of pyridine rings is 1. The Kier molecular flexibility index (Phi) is 4.90. The second kappa shape index (κ2) is 7.27. The zero-order valence-electron chi connectivity index (χ0n) is 13.9. The quantitative estimate of drug-likeness (QED) is 0.742. The van der Waals surface area contributed by atoms with Crippen LogP contribution in [0.4, 0.5) is 10.3 Å². The number of hydrogen-bond donors (Lipinski definition) is 1. The van der Waals surface area contributed by atoms with Crippen LogP contribution in [0.5, 0.6) is 5.88 Å². The summed E-state index contributed by atoms with van der Waals surface area (Å²) in [5.74, 6) is -0.125. The number of halogens is 1. The number of nitrogens with zero attached hydrogens (tertiary/aromatic N) is 4. The summed E-state index contributed by atoms with van der Waals surface area (Å²) in [7, 11) is 3.92. The third kappa shape index (κ3) is 4.10. The second-order valence-corrected chi connectivity index (χ2v) is 5.68. The fourth-order valence-electron chi connectivity index (χ4n) is 2.15. The van der Waals surface area contributed by atoms with Gasteiger partial charge in [-0.2, -0.15) is 9.50 Å². The molecule has 0 saturated carbocycles. The van der Waals surface area contributed by atoms with Gasteiger partial charge < -0.3 is 9.64 Å². The van der Waals surface area contributed by atoms with E-state index < -0.39 is 11.7 Å². The Bertz CT molecular complexity index is 876. The molecule has 0 atom stereocenters. The normalized spacial score (nSPS) is 11.0. The summed E-state index contributed by atoms with van der Waals surface area (Å²) in [5.41, 5.74) is 0.875. The van der Waals surface area contributed by atoms with Crippen LogP contribution in [0.3, 0.4) is 0 Å². The molecule has 1 aromatic carbocycles. The number of anilines is 1. The average molecular weight is 343 g/mol. The third-order valence-electron chi connectivity index (χ3n) is 3.45. The highest BCUT2D eigenvalue weighted by Crippen LogP contribution is 2.15. The number of likely N-dealkylation sites (N-methyl/N-ethyl adjacent to an activating group) is 1. The van der Waals surface area contributed by atoms with Crippen LogP contribution in [0.1, 0.15) is 10.4 Å². The van der Waals surface area contributed by atoms with Gasteiger partial charge in [0.05, 0.1) is 0 Å². The third-order valence-corrected chi connectivity index (χ3v) is 3.45. The maximum Gasteiger partial charge on any atom is 0.258 e. The van der Waals surface area contributed by atoms with Gasteiger partial charge in [-0.1, -0.05) is 6.07 Å². The summed E-state index contributed by atoms with van der Waals surface area (Å²) in [4.78, 5) is 18.4. The molecule has 130 valence electrons. The Labute approximate surface area is 144 Å². The van der Waals surface area contributed by atoms with E-state index in [0.717, 1.165) is 6.54 Å². The topological polar surface area (TPSA) is 71.8 Å². The molecule has 1 amide bonds. The van der Waals surface area contributed by atoms with E-state index in [-0.39, 0.29) is 5.95 Å². The van der Waals surface area contributed by atoms with Crippen LogP contribution in [-0.4, -0.2) is 52.7 Å². The Hall–Kier alpha value is -3.00. The average Bonchev–Trinajstić information content (AvgIpc) is 2.98. The molecule has 0 aliphatic rings. The highest BCUT2D eigenvalue weighted by atomic mass is 19.1. The number of ether oxygens (including phenoxy) is 1. The molecule has 3 rings (SSSR count). The molecule has 2 heterocycles. The van der Waals surface area contributed by atoms with Crippen molar-refractivity contribution in [1.82, 2.24) is 19.5 Å². The first kappa shape index (κ1) is 16.8. The van der Waals surface area contributed by atoms with Gasteiger partial charge >= 0.3 is 0 Å². The van der Waals surface area contributed by atoms with E-state index >= 15 is 0 Å². The van der Waals surface area contributed by atoms with Crippen LogP contribution in [0.15, 0.2) is 42.5 Å². The molecule has 0 spiro atoms. The van der Waals surface area contributed by atoms with E-state index in [4.69, 9.17) is 4.74 Å². The summed E-state index contributed by atoms with van der Waals surface area (Å²) >= 11 is 0. The number of aromatic nitrogens is 3. The monoisotopic (exact) mass is 343 g/mol. The van der Waals surface area contributed by atoms with Gasteiger partial charge in [0.15, 0.2) is 5.65 Å². The first-order valence-electron chi connectivity index (χ1n) is 7.73. The van der Waals surface area contributed by atoms with Crippen molar-refractivity contribution in [3.8, 4) is 5.88 Å². The minimum absolute atomic E-state index is 0.151. The summed E-state index contributed by atoms with van der Waals surface area (Å²) in [6.07, 6.45) is 0. The smallest absolute Gasteiger partial charge is 0.258 e. The number of carbonyl (C=O) groups excluding carboxylic acids is 1. The van der Waals surface area contributed by atoms with Gasteiger partial charge in [0, 0.05) is 18.2 Å². The number of rotatable bonds is 6. The van der Waals surface area contributed by atoms with Crippen LogP contribution in [-0.2, 0) is 0 Å². The lowest BCUT2D eigenvalue weighted by molar-refractivity contribution is 0.102. The Morgan fingerprint density at radius 2 is 2.00 bits per heavy atom. The first-order chi connectivity index (χ1) is 12.0. The summed E-state index contributed by atoms with van der Waals surface area (Å²) in [5, 5.41) is 6.85. The van der Waals surface area contributed by atoms with E-state index in [1.54, 1.807) is 18.2 Å². The molecule has 0 saturated heterocycles. The SMILES string of the molecule is CN(C)CCOc1cccc2nc(NC(=O)c3ccc(F)cc3)nn12. The molecule has 0 bridgehead atoms. The van der Waals surface area contributed by atoms with Crippen LogP contribution >= 0.6 is 0 Å². The van der Waals surface area contributed by atoms with Crippen LogP contribution in [0, 0.1) is 5.82 Å². The van der Waals surface area contributed by atoms with E-state index in [2.05, 4.69) is 15.4 Å². The molecule has 7 nitrogen and oxygen atoms in total. The number of amides is 1. The molecule has 3 aromatic rings. The van der Waals surface area contributed by atoms with Gasteiger partial charge in [0.2, 0.25) is 11.8 Å². The molecular formula is C17H18FN5O2. The number of benzene rings is 1. The summed E-state index contributed by atoms with van der Waals surface area (Å²) in [6, 6.07) is 10.6. The van der Waals surface area contributed by atoms with Gasteiger partial charge in [0.25, 0.3) is 5.91 Å². The predicted molar refractivity (Wildman–Crippen MR) is 91.4 cm³/mol.